The van der Waals surface area contributed by atoms with Gasteiger partial charge in [-0.25, -0.2) is 0 Å². The van der Waals surface area contributed by atoms with Crippen molar-refractivity contribution in [2.24, 2.45) is 0 Å². The number of hydrogen-bond donors (Lipinski definition) is 2. The van der Waals surface area contributed by atoms with E-state index in [4.69, 9.17) is 9.26 Å². The summed E-state index contributed by atoms with van der Waals surface area (Å²) in [7, 11) is 0. The van der Waals surface area contributed by atoms with Crippen LogP contribution in [0.25, 0.3) is 11.4 Å². The average molecular weight is 437 g/mol. The van der Waals surface area contributed by atoms with Gasteiger partial charge in [-0.3, -0.25) is 20.4 Å². The van der Waals surface area contributed by atoms with Crippen molar-refractivity contribution in [1.82, 2.24) is 21.0 Å². The molecule has 0 saturated heterocycles. The number of nitrogens with one attached hydrogen (secondary N) is 2. The zero-order chi connectivity index (χ0) is 23.1. The largest absolute Gasteiger partial charge is 0.484 e. The summed E-state index contributed by atoms with van der Waals surface area (Å²) in [5.74, 6) is 1.06. The minimum absolute atomic E-state index is 0.0894. The van der Waals surface area contributed by atoms with Crippen molar-refractivity contribution >= 4 is 11.8 Å². The number of aromatic nitrogens is 2. The van der Waals surface area contributed by atoms with Gasteiger partial charge in [0, 0.05) is 18.4 Å². The van der Waals surface area contributed by atoms with Gasteiger partial charge in [0.2, 0.25) is 17.6 Å². The number of ether oxygens (including phenoxy) is 1. The van der Waals surface area contributed by atoms with Crippen LogP contribution in [0.1, 0.15) is 48.8 Å². The maximum absolute atomic E-state index is 12.0. The summed E-state index contributed by atoms with van der Waals surface area (Å²) < 4.78 is 10.7. The van der Waals surface area contributed by atoms with E-state index in [0.29, 0.717) is 23.4 Å². The fourth-order valence-electron chi connectivity index (χ4n) is 3.11. The molecule has 0 radical (unpaired) electrons. The molecular formula is C24H28N4O4. The van der Waals surface area contributed by atoms with Crippen molar-refractivity contribution < 1.29 is 18.8 Å². The number of hydrogen-bond acceptors (Lipinski definition) is 6. The second-order valence-corrected chi connectivity index (χ2v) is 8.00. The number of nitrogens with zero attached hydrogens (tertiary/aromatic N) is 2. The lowest BCUT2D eigenvalue weighted by Crippen LogP contribution is -2.43. The highest BCUT2D eigenvalue weighted by atomic mass is 16.5. The number of amides is 2. The summed E-state index contributed by atoms with van der Waals surface area (Å²) in [6, 6.07) is 13.7. The number of carbonyl (C=O) groups is 2. The first-order chi connectivity index (χ1) is 15.3. The molecule has 0 fully saturated rings. The second-order valence-electron chi connectivity index (χ2n) is 8.00. The van der Waals surface area contributed by atoms with Gasteiger partial charge in [-0.1, -0.05) is 49.3 Å². The summed E-state index contributed by atoms with van der Waals surface area (Å²) in [6.07, 6.45) is 0.351. The van der Waals surface area contributed by atoms with E-state index in [-0.39, 0.29) is 25.4 Å². The van der Waals surface area contributed by atoms with Crippen LogP contribution in [0, 0.1) is 13.8 Å². The molecule has 0 aliphatic carbocycles. The molecule has 1 heterocycles. The standard InChI is InChI=1S/C24H28N4O4/c1-15(2)18-5-7-19(8-6-18)24-25-23(32-28-24)10-9-21(29)26-27-22(30)14-31-20-12-16(3)11-17(4)13-20/h5-8,11-13,15H,9-10,14H2,1-4H3,(H,26,29)(H,27,30). The predicted molar refractivity (Wildman–Crippen MR) is 120 cm³/mol. The summed E-state index contributed by atoms with van der Waals surface area (Å²) >= 11 is 0. The van der Waals surface area contributed by atoms with E-state index >= 15 is 0 Å². The SMILES string of the molecule is Cc1cc(C)cc(OCC(=O)NNC(=O)CCc2nc(-c3ccc(C(C)C)cc3)no2)c1. The van der Waals surface area contributed by atoms with E-state index in [1.165, 1.54) is 5.56 Å². The first kappa shape index (κ1) is 23.0. The molecule has 168 valence electrons. The number of hydrazine groups is 1. The lowest BCUT2D eigenvalue weighted by Gasteiger charge is -2.09. The number of benzene rings is 2. The number of carbonyl (C=O) groups excluding carboxylic acids is 2. The molecular weight excluding hydrogens is 408 g/mol. The van der Waals surface area contributed by atoms with Crippen molar-refractivity contribution in [3.8, 4) is 17.1 Å². The highest BCUT2D eigenvalue weighted by molar-refractivity contribution is 5.82. The maximum atomic E-state index is 12.0. The summed E-state index contributed by atoms with van der Waals surface area (Å²) in [5, 5.41) is 3.97. The van der Waals surface area contributed by atoms with Crippen LogP contribution in [0.4, 0.5) is 0 Å². The molecule has 1 aromatic heterocycles. The fraction of sp³-hybridized carbons (Fsp3) is 0.333. The molecule has 8 nitrogen and oxygen atoms in total. The Hall–Kier alpha value is -3.68. The molecule has 0 bridgehead atoms. The molecule has 2 aromatic carbocycles. The van der Waals surface area contributed by atoms with Crippen molar-refractivity contribution in [2.45, 2.75) is 46.5 Å². The third kappa shape index (κ3) is 6.66. The van der Waals surface area contributed by atoms with Gasteiger partial charge in [0.25, 0.3) is 5.91 Å². The zero-order valence-corrected chi connectivity index (χ0v) is 18.8. The topological polar surface area (TPSA) is 106 Å². The van der Waals surface area contributed by atoms with Crippen LogP contribution >= 0.6 is 0 Å². The maximum Gasteiger partial charge on any atom is 0.276 e. The average Bonchev–Trinajstić information content (AvgIpc) is 3.23. The minimum atomic E-state index is -0.456. The zero-order valence-electron chi connectivity index (χ0n) is 18.8. The Morgan fingerprint density at radius 1 is 1.00 bits per heavy atom. The van der Waals surface area contributed by atoms with Crippen LogP contribution in [-0.2, 0) is 16.0 Å². The highest BCUT2D eigenvalue weighted by Crippen LogP contribution is 2.21. The fourth-order valence-corrected chi connectivity index (χ4v) is 3.11. The molecule has 2 amide bonds. The van der Waals surface area contributed by atoms with Crippen LogP contribution in [0.3, 0.4) is 0 Å². The van der Waals surface area contributed by atoms with E-state index < -0.39 is 5.91 Å². The van der Waals surface area contributed by atoms with Gasteiger partial charge in [0.1, 0.15) is 5.75 Å². The van der Waals surface area contributed by atoms with E-state index in [1.54, 1.807) is 0 Å². The third-order valence-electron chi connectivity index (χ3n) is 4.78. The molecule has 8 heteroatoms. The highest BCUT2D eigenvalue weighted by Gasteiger charge is 2.12. The first-order valence-electron chi connectivity index (χ1n) is 10.5. The first-order valence-corrected chi connectivity index (χ1v) is 10.5. The molecule has 0 aliphatic rings. The molecule has 2 N–H and O–H groups in total. The van der Waals surface area contributed by atoms with E-state index in [2.05, 4.69) is 34.8 Å². The van der Waals surface area contributed by atoms with Crippen molar-refractivity contribution in [3.63, 3.8) is 0 Å². The third-order valence-corrected chi connectivity index (χ3v) is 4.78. The molecule has 0 atom stereocenters. The van der Waals surface area contributed by atoms with E-state index in [0.717, 1.165) is 16.7 Å². The Balaban J connectivity index is 1.40. The van der Waals surface area contributed by atoms with Gasteiger partial charge in [-0.2, -0.15) is 4.98 Å². The van der Waals surface area contributed by atoms with Gasteiger partial charge in [0.05, 0.1) is 0 Å². The van der Waals surface area contributed by atoms with Crippen LogP contribution in [-0.4, -0.2) is 28.6 Å². The van der Waals surface area contributed by atoms with Crippen LogP contribution in [0.2, 0.25) is 0 Å². The van der Waals surface area contributed by atoms with E-state index in [9.17, 15) is 9.59 Å². The summed E-state index contributed by atoms with van der Waals surface area (Å²) in [4.78, 5) is 28.2. The monoisotopic (exact) mass is 436 g/mol. The quantitative estimate of drug-likeness (QED) is 0.522. The van der Waals surface area contributed by atoms with Crippen molar-refractivity contribution in [2.75, 3.05) is 6.61 Å². The Morgan fingerprint density at radius 2 is 1.66 bits per heavy atom. The summed E-state index contributed by atoms with van der Waals surface area (Å²) in [5.41, 5.74) is 8.87. The van der Waals surface area contributed by atoms with Gasteiger partial charge >= 0.3 is 0 Å². The smallest absolute Gasteiger partial charge is 0.276 e. The molecule has 3 aromatic rings. The molecule has 32 heavy (non-hydrogen) atoms. The van der Waals surface area contributed by atoms with Crippen molar-refractivity contribution in [3.05, 3.63) is 65.0 Å². The molecule has 0 aliphatic heterocycles. The molecule has 3 rings (SSSR count). The molecule has 0 saturated carbocycles. The predicted octanol–water partition coefficient (Wildman–Crippen LogP) is 3.64. The van der Waals surface area contributed by atoms with Gasteiger partial charge in [-0.05, 0) is 48.6 Å². The molecule has 0 spiro atoms. The van der Waals surface area contributed by atoms with E-state index in [1.807, 2.05) is 56.3 Å². The minimum Gasteiger partial charge on any atom is -0.484 e. The van der Waals surface area contributed by atoms with Crippen molar-refractivity contribution in [1.29, 1.82) is 0 Å². The van der Waals surface area contributed by atoms with Crippen LogP contribution in [0.15, 0.2) is 47.0 Å². The molecule has 0 unspecified atom stereocenters. The normalized spacial score (nSPS) is 10.8. The number of rotatable bonds is 8. The van der Waals surface area contributed by atoms with Gasteiger partial charge < -0.3 is 9.26 Å². The Bertz CT molecular complexity index is 1050. The lowest BCUT2D eigenvalue weighted by molar-refractivity contribution is -0.130. The number of aryl methyl sites for hydroxylation is 3. The Morgan fingerprint density at radius 3 is 2.31 bits per heavy atom. The second kappa shape index (κ2) is 10.6. The summed E-state index contributed by atoms with van der Waals surface area (Å²) in [6.45, 7) is 7.97. The van der Waals surface area contributed by atoms with Crippen LogP contribution < -0.4 is 15.6 Å². The van der Waals surface area contributed by atoms with Gasteiger partial charge in [0.15, 0.2) is 6.61 Å². The lowest BCUT2D eigenvalue weighted by atomic mass is 10.0. The van der Waals surface area contributed by atoms with Gasteiger partial charge in [-0.15, -0.1) is 0 Å². The van der Waals surface area contributed by atoms with Crippen LogP contribution in [0.5, 0.6) is 5.75 Å². The Labute approximate surface area is 187 Å². The Kier molecular flexibility index (Phi) is 7.59.